The first-order valence-corrected chi connectivity index (χ1v) is 19.8. The molecule has 0 radical (unpaired) electrons. The van der Waals surface area contributed by atoms with E-state index in [2.05, 4.69) is 92.7 Å². The number of rotatable bonds is 27. The Balaban J connectivity index is 1.40. The van der Waals surface area contributed by atoms with Crippen LogP contribution in [-0.4, -0.2) is 13.2 Å². The second kappa shape index (κ2) is 24.8. The normalized spacial score (nSPS) is 11.3. The molecule has 0 aliphatic carbocycles. The summed E-state index contributed by atoms with van der Waals surface area (Å²) in [7, 11) is -0.173. The summed E-state index contributed by atoms with van der Waals surface area (Å²) in [5.41, 5.74) is 0. The Morgan fingerprint density at radius 3 is 1.02 bits per heavy atom. The van der Waals surface area contributed by atoms with Crippen LogP contribution in [0.4, 0.5) is 0 Å². The van der Waals surface area contributed by atoms with Crippen molar-refractivity contribution >= 4 is 10.9 Å². The maximum absolute atomic E-state index is 6.12. The minimum atomic E-state index is -0.173. The van der Waals surface area contributed by atoms with Gasteiger partial charge in [0.15, 0.2) is 14.7 Å². The molecule has 0 amide bonds. The van der Waals surface area contributed by atoms with Crippen LogP contribution in [0, 0.1) is 0 Å². The fourth-order valence-corrected chi connectivity index (χ4v) is 7.93. The van der Waals surface area contributed by atoms with E-state index in [0.717, 1.165) is 37.6 Å². The van der Waals surface area contributed by atoms with Gasteiger partial charge in [0.1, 0.15) is 11.5 Å². The predicted octanol–water partition coefficient (Wildman–Crippen LogP) is 13.4. The molecular weight excluding hydrogens is 569 g/mol. The highest BCUT2D eigenvalue weighted by Crippen LogP contribution is 2.33. The fourth-order valence-electron chi connectivity index (χ4n) is 5.87. The van der Waals surface area contributed by atoms with E-state index in [4.69, 9.17) is 9.47 Å². The molecule has 3 aromatic carbocycles. The summed E-state index contributed by atoms with van der Waals surface area (Å²) in [6, 6.07) is 28.5. The summed E-state index contributed by atoms with van der Waals surface area (Å²) in [6.45, 7) is 6.18. The van der Waals surface area contributed by atoms with E-state index in [1.54, 1.807) is 0 Å². The van der Waals surface area contributed by atoms with Gasteiger partial charge in [0.05, 0.1) is 24.1 Å². The maximum Gasteiger partial charge on any atom is 0.166 e. The van der Waals surface area contributed by atoms with Gasteiger partial charge in [-0.1, -0.05) is 148 Å². The van der Waals surface area contributed by atoms with Gasteiger partial charge >= 0.3 is 0 Å². The average molecular weight is 632 g/mol. The van der Waals surface area contributed by atoms with Crippen LogP contribution in [0.25, 0.3) is 0 Å². The molecule has 0 spiro atoms. The van der Waals surface area contributed by atoms with Crippen LogP contribution in [-0.2, 0) is 10.9 Å². The molecule has 248 valence electrons. The SMILES string of the molecule is CCCCCCCCCCCCOc1ccc([S+](c2ccccc2)c2ccc(OCCCCCCCCCCCC)cc2)cc1. The summed E-state index contributed by atoms with van der Waals surface area (Å²) >= 11 is 0. The van der Waals surface area contributed by atoms with Crippen molar-refractivity contribution in [2.45, 2.75) is 157 Å². The van der Waals surface area contributed by atoms with Gasteiger partial charge in [-0.15, -0.1) is 0 Å². The largest absolute Gasteiger partial charge is 0.494 e. The van der Waals surface area contributed by atoms with Crippen LogP contribution >= 0.6 is 0 Å². The van der Waals surface area contributed by atoms with E-state index < -0.39 is 0 Å². The molecule has 3 heteroatoms. The van der Waals surface area contributed by atoms with E-state index in [9.17, 15) is 0 Å². The summed E-state index contributed by atoms with van der Waals surface area (Å²) in [5, 5.41) is 0. The zero-order valence-corrected chi connectivity index (χ0v) is 29.6. The van der Waals surface area contributed by atoms with Crippen LogP contribution in [0.3, 0.4) is 0 Å². The number of unbranched alkanes of at least 4 members (excludes halogenated alkanes) is 18. The van der Waals surface area contributed by atoms with E-state index in [0.29, 0.717) is 0 Å². The van der Waals surface area contributed by atoms with Gasteiger partial charge in [0.2, 0.25) is 0 Å². The smallest absolute Gasteiger partial charge is 0.166 e. The minimum Gasteiger partial charge on any atom is -0.494 e. The van der Waals surface area contributed by atoms with Crippen LogP contribution < -0.4 is 9.47 Å². The van der Waals surface area contributed by atoms with Crippen molar-refractivity contribution in [3.05, 3.63) is 78.9 Å². The lowest BCUT2D eigenvalue weighted by molar-refractivity contribution is 0.304. The van der Waals surface area contributed by atoms with Crippen LogP contribution in [0.1, 0.15) is 142 Å². The number of hydrogen-bond acceptors (Lipinski definition) is 2. The first-order chi connectivity index (χ1) is 22.3. The molecule has 0 aliphatic rings. The second-order valence-electron chi connectivity index (χ2n) is 12.6. The molecule has 3 aromatic rings. The van der Waals surface area contributed by atoms with E-state index in [1.165, 1.54) is 130 Å². The van der Waals surface area contributed by atoms with Gasteiger partial charge in [-0.3, -0.25) is 0 Å². The lowest BCUT2D eigenvalue weighted by Gasteiger charge is -2.11. The third-order valence-corrected chi connectivity index (χ3v) is 10.9. The summed E-state index contributed by atoms with van der Waals surface area (Å²) in [4.78, 5) is 3.95. The van der Waals surface area contributed by atoms with Gasteiger partial charge in [0.25, 0.3) is 0 Å². The van der Waals surface area contributed by atoms with Gasteiger partial charge in [-0.25, -0.2) is 0 Å². The molecule has 0 saturated carbocycles. The van der Waals surface area contributed by atoms with E-state index in [-0.39, 0.29) is 10.9 Å². The summed E-state index contributed by atoms with van der Waals surface area (Å²) < 4.78 is 12.2. The number of benzene rings is 3. The first-order valence-electron chi connectivity index (χ1n) is 18.6. The average Bonchev–Trinajstić information content (AvgIpc) is 3.08. The Bertz CT molecular complexity index is 1010. The Labute approximate surface area is 280 Å². The zero-order valence-electron chi connectivity index (χ0n) is 28.8. The van der Waals surface area contributed by atoms with E-state index >= 15 is 0 Å². The molecule has 0 aliphatic heterocycles. The lowest BCUT2D eigenvalue weighted by Crippen LogP contribution is -2.05. The van der Waals surface area contributed by atoms with Crippen molar-refractivity contribution in [3.8, 4) is 11.5 Å². The number of ether oxygens (including phenoxy) is 2. The fraction of sp³-hybridized carbons (Fsp3) is 0.571. The Morgan fingerprint density at radius 1 is 0.356 bits per heavy atom. The highest BCUT2D eigenvalue weighted by atomic mass is 32.2. The second-order valence-corrected chi connectivity index (χ2v) is 14.6. The van der Waals surface area contributed by atoms with Crippen LogP contribution in [0.5, 0.6) is 11.5 Å². The summed E-state index contributed by atoms with van der Waals surface area (Å²) in [6.07, 6.45) is 26.9. The van der Waals surface area contributed by atoms with Crippen molar-refractivity contribution in [1.29, 1.82) is 0 Å². The molecule has 3 rings (SSSR count). The molecule has 0 fully saturated rings. The predicted molar refractivity (Wildman–Crippen MR) is 196 cm³/mol. The molecule has 2 nitrogen and oxygen atoms in total. The quantitative estimate of drug-likeness (QED) is 0.0615. The van der Waals surface area contributed by atoms with Crippen molar-refractivity contribution < 1.29 is 9.47 Å². The Hall–Kier alpha value is -2.39. The zero-order chi connectivity index (χ0) is 31.6. The highest BCUT2D eigenvalue weighted by molar-refractivity contribution is 7.97. The van der Waals surface area contributed by atoms with Gasteiger partial charge < -0.3 is 9.47 Å². The molecular formula is C42H63O2S+. The van der Waals surface area contributed by atoms with Gasteiger partial charge in [-0.2, -0.15) is 0 Å². The topological polar surface area (TPSA) is 18.5 Å². The first kappa shape index (κ1) is 37.1. The molecule has 0 aromatic heterocycles. The molecule has 0 bridgehead atoms. The summed E-state index contributed by atoms with van der Waals surface area (Å²) in [5.74, 6) is 1.95. The maximum atomic E-state index is 6.12. The molecule has 0 N–H and O–H groups in total. The Kier molecular flexibility index (Phi) is 20.4. The molecule has 0 unspecified atom stereocenters. The molecule has 45 heavy (non-hydrogen) atoms. The van der Waals surface area contributed by atoms with Crippen molar-refractivity contribution in [1.82, 2.24) is 0 Å². The van der Waals surface area contributed by atoms with Crippen molar-refractivity contribution in [2.75, 3.05) is 13.2 Å². The van der Waals surface area contributed by atoms with E-state index in [1.807, 2.05) is 0 Å². The molecule has 0 saturated heterocycles. The van der Waals surface area contributed by atoms with Crippen molar-refractivity contribution in [3.63, 3.8) is 0 Å². The monoisotopic (exact) mass is 631 g/mol. The standard InChI is InChI=1S/C42H63O2S/c1-3-5-7-9-11-13-15-17-19-24-36-43-38-28-32-41(33-29-38)45(40-26-22-21-23-27-40)42-34-30-39(31-35-42)44-37-25-20-18-16-14-12-10-8-6-4-2/h21-23,26-35H,3-20,24-25,36-37H2,1-2H3/q+1. The van der Waals surface area contributed by atoms with Crippen LogP contribution in [0.15, 0.2) is 93.5 Å². The lowest BCUT2D eigenvalue weighted by atomic mass is 10.1. The number of hydrogen-bond donors (Lipinski definition) is 0. The minimum absolute atomic E-state index is 0.173. The van der Waals surface area contributed by atoms with Gasteiger partial charge in [-0.05, 0) is 73.5 Å². The Morgan fingerprint density at radius 2 is 0.667 bits per heavy atom. The molecule has 0 heterocycles. The van der Waals surface area contributed by atoms with Crippen LogP contribution in [0.2, 0.25) is 0 Å². The van der Waals surface area contributed by atoms with Gasteiger partial charge in [0, 0.05) is 0 Å². The highest BCUT2D eigenvalue weighted by Gasteiger charge is 2.28. The third kappa shape index (κ3) is 16.1. The third-order valence-electron chi connectivity index (χ3n) is 8.63. The molecule has 0 atom stereocenters. The van der Waals surface area contributed by atoms with Crippen molar-refractivity contribution in [2.24, 2.45) is 0 Å².